The van der Waals surface area contributed by atoms with Gasteiger partial charge in [-0.25, -0.2) is 24.3 Å². The van der Waals surface area contributed by atoms with Crippen LogP contribution in [-0.4, -0.2) is 30.8 Å². The minimum Gasteiger partial charge on any atom is -0.408 e. The third-order valence-electron chi connectivity index (χ3n) is 4.22. The number of nitro groups is 1. The van der Waals surface area contributed by atoms with Gasteiger partial charge in [0.15, 0.2) is 10.9 Å². The fraction of sp³-hybridized carbons (Fsp3) is 0.294. The Morgan fingerprint density at radius 1 is 1.34 bits per heavy atom. The quantitative estimate of drug-likeness (QED) is 0.287. The summed E-state index contributed by atoms with van der Waals surface area (Å²) in [6.07, 6.45) is 2.42. The summed E-state index contributed by atoms with van der Waals surface area (Å²) in [5, 5.41) is 16.6. The highest BCUT2D eigenvalue weighted by molar-refractivity contribution is 14.1. The van der Waals surface area contributed by atoms with Crippen molar-refractivity contribution in [2.75, 3.05) is 4.90 Å². The number of benzene rings is 1. The highest BCUT2D eigenvalue weighted by atomic mass is 127. The van der Waals surface area contributed by atoms with Crippen molar-refractivity contribution in [1.29, 1.82) is 0 Å². The number of anilines is 1. The van der Waals surface area contributed by atoms with Gasteiger partial charge in [0.1, 0.15) is 17.7 Å². The second-order valence-electron chi connectivity index (χ2n) is 7.37. The molecule has 1 aliphatic rings. The van der Waals surface area contributed by atoms with Gasteiger partial charge in [0, 0.05) is 23.1 Å². The molecule has 0 atom stereocenters. The minimum atomic E-state index is -0.580. The van der Waals surface area contributed by atoms with Crippen LogP contribution in [-0.2, 0) is 12.0 Å². The lowest BCUT2D eigenvalue weighted by atomic mass is 9.92. The second-order valence-corrected chi connectivity index (χ2v) is 9.49. The summed E-state index contributed by atoms with van der Waals surface area (Å²) in [6.45, 7) is 6.17. The number of ether oxygens (including phenoxy) is 1. The van der Waals surface area contributed by atoms with Crippen LogP contribution in [0.4, 0.5) is 15.6 Å². The average molecular weight is 526 g/mol. The lowest BCUT2D eigenvalue weighted by Gasteiger charge is -2.26. The number of nitrogens with zero attached hydrogens (tertiary/aromatic N) is 6. The van der Waals surface area contributed by atoms with E-state index in [2.05, 4.69) is 15.1 Å². The first-order valence-corrected chi connectivity index (χ1v) is 10.4. The van der Waals surface area contributed by atoms with Crippen molar-refractivity contribution in [2.24, 2.45) is 0 Å². The summed E-state index contributed by atoms with van der Waals surface area (Å²) in [5.74, 6) is 0.349. The Kier molecular flexibility index (Phi) is 4.77. The van der Waals surface area contributed by atoms with Crippen molar-refractivity contribution in [1.82, 2.24) is 19.7 Å². The molecular formula is C17H15IN6O4S. The van der Waals surface area contributed by atoms with Gasteiger partial charge in [-0.15, -0.1) is 0 Å². The Bertz CT molecular complexity index is 1120. The van der Waals surface area contributed by atoms with Crippen molar-refractivity contribution >= 4 is 50.8 Å². The van der Waals surface area contributed by atoms with Gasteiger partial charge < -0.3 is 4.74 Å². The zero-order valence-corrected chi connectivity index (χ0v) is 18.6. The summed E-state index contributed by atoms with van der Waals surface area (Å²) >= 11 is 3.21. The molecule has 0 N–H and O–H groups in total. The molecule has 0 bridgehead atoms. The molecule has 0 unspecified atom stereocenters. The molecule has 0 spiro atoms. The van der Waals surface area contributed by atoms with Crippen LogP contribution >= 0.6 is 33.9 Å². The van der Waals surface area contributed by atoms with E-state index in [1.165, 1.54) is 34.7 Å². The van der Waals surface area contributed by atoms with Gasteiger partial charge >= 0.3 is 6.09 Å². The predicted octanol–water partition coefficient (Wildman–Crippen LogP) is 4.05. The van der Waals surface area contributed by atoms with Gasteiger partial charge in [-0.05, 0) is 22.6 Å². The fourth-order valence-electron chi connectivity index (χ4n) is 2.87. The number of aromatic nitrogens is 4. The average Bonchev–Trinajstić information content (AvgIpc) is 3.30. The first kappa shape index (κ1) is 19.7. The minimum absolute atomic E-state index is 0.0520. The van der Waals surface area contributed by atoms with Crippen LogP contribution in [0.1, 0.15) is 32.0 Å². The van der Waals surface area contributed by atoms with E-state index in [0.29, 0.717) is 20.0 Å². The molecule has 29 heavy (non-hydrogen) atoms. The van der Waals surface area contributed by atoms with E-state index in [9.17, 15) is 14.9 Å². The van der Waals surface area contributed by atoms with E-state index >= 15 is 0 Å². The van der Waals surface area contributed by atoms with Gasteiger partial charge in [-0.1, -0.05) is 32.1 Å². The molecular weight excluding hydrogens is 511 g/mol. The Morgan fingerprint density at radius 3 is 2.72 bits per heavy atom. The number of rotatable bonds is 3. The lowest BCUT2D eigenvalue weighted by Crippen LogP contribution is -2.37. The number of thiazole rings is 1. The number of non-ortho nitro benzene ring substituents is 1. The number of halogens is 1. The summed E-state index contributed by atoms with van der Waals surface area (Å²) in [7, 11) is 0. The maximum atomic E-state index is 12.7. The number of hydrogen-bond donors (Lipinski definition) is 0. The summed E-state index contributed by atoms with van der Waals surface area (Å²) in [4.78, 5) is 33.5. The third kappa shape index (κ3) is 3.57. The Hall–Kier alpha value is -2.61. The maximum absolute atomic E-state index is 12.7. The largest absolute Gasteiger partial charge is 0.421 e. The van der Waals surface area contributed by atoms with Crippen molar-refractivity contribution in [3.8, 4) is 10.8 Å². The van der Waals surface area contributed by atoms with Crippen LogP contribution in [0.5, 0.6) is 5.75 Å². The number of nitro benzene ring substituents is 1. The predicted molar refractivity (Wildman–Crippen MR) is 114 cm³/mol. The van der Waals surface area contributed by atoms with Gasteiger partial charge in [0.25, 0.3) is 5.69 Å². The zero-order chi connectivity index (χ0) is 20.9. The molecule has 3 aromatic rings. The standard InChI is InChI=1S/C17H15IN6O4S/c1-17(2,3)13-14(23-8-19-7-20-23)29-15(21-13)22-6-9-4-10(24(26)27)5-11(18)12(9)28-16(22)25/h4-5,7-8H,6H2,1-3H3. The number of fused-ring (bicyclic) bond motifs is 1. The molecule has 12 heteroatoms. The molecule has 4 rings (SSSR count). The van der Waals surface area contributed by atoms with E-state index in [-0.39, 0.29) is 17.6 Å². The van der Waals surface area contributed by atoms with E-state index in [1.807, 2.05) is 43.4 Å². The SMILES string of the molecule is CC(C)(C)c1nc(N2Cc3cc([N+](=O)[O-])cc(I)c3OC2=O)sc1-n1cncn1. The smallest absolute Gasteiger partial charge is 0.408 e. The number of hydrogen-bond acceptors (Lipinski definition) is 8. The Balaban J connectivity index is 1.78. The fourth-order valence-corrected chi connectivity index (χ4v) is 4.84. The lowest BCUT2D eigenvalue weighted by molar-refractivity contribution is -0.385. The third-order valence-corrected chi connectivity index (χ3v) is 6.09. The molecule has 0 fully saturated rings. The first-order valence-electron chi connectivity index (χ1n) is 8.47. The molecule has 3 heterocycles. The summed E-state index contributed by atoms with van der Waals surface area (Å²) in [5.41, 5.74) is 0.957. The molecule has 0 radical (unpaired) electrons. The van der Waals surface area contributed by atoms with Gasteiger partial charge in [0.2, 0.25) is 0 Å². The second kappa shape index (κ2) is 7.02. The highest BCUT2D eigenvalue weighted by Gasteiger charge is 2.34. The van der Waals surface area contributed by atoms with Crippen molar-refractivity contribution in [3.63, 3.8) is 0 Å². The van der Waals surface area contributed by atoms with Crippen LogP contribution in [0.15, 0.2) is 24.8 Å². The first-order chi connectivity index (χ1) is 13.6. The number of carbonyl (C=O) groups is 1. The molecule has 2 aromatic heterocycles. The van der Waals surface area contributed by atoms with E-state index in [1.54, 1.807) is 11.0 Å². The highest BCUT2D eigenvalue weighted by Crippen LogP contribution is 2.40. The molecule has 1 aliphatic heterocycles. The Labute approximate surface area is 182 Å². The van der Waals surface area contributed by atoms with E-state index in [0.717, 1.165) is 10.7 Å². The van der Waals surface area contributed by atoms with Gasteiger partial charge in [0.05, 0.1) is 20.7 Å². The molecule has 10 nitrogen and oxygen atoms in total. The molecule has 1 aromatic carbocycles. The van der Waals surface area contributed by atoms with Gasteiger partial charge in [-0.3, -0.25) is 10.1 Å². The maximum Gasteiger partial charge on any atom is 0.421 e. The normalized spacial score (nSPS) is 13.9. The van der Waals surface area contributed by atoms with Crippen molar-refractivity contribution < 1.29 is 14.5 Å². The molecule has 0 saturated heterocycles. The Morgan fingerprint density at radius 2 is 2.10 bits per heavy atom. The van der Waals surface area contributed by atoms with Crippen LogP contribution in [0, 0.1) is 13.7 Å². The molecule has 0 saturated carbocycles. The molecule has 1 amide bonds. The van der Waals surface area contributed by atoms with Crippen LogP contribution in [0.2, 0.25) is 0 Å². The van der Waals surface area contributed by atoms with E-state index < -0.39 is 11.0 Å². The van der Waals surface area contributed by atoms with Crippen LogP contribution in [0.3, 0.4) is 0 Å². The van der Waals surface area contributed by atoms with Crippen molar-refractivity contribution in [3.05, 3.63) is 49.7 Å². The summed E-state index contributed by atoms with van der Waals surface area (Å²) < 4.78 is 7.60. The zero-order valence-electron chi connectivity index (χ0n) is 15.6. The molecule has 0 aliphatic carbocycles. The van der Waals surface area contributed by atoms with Gasteiger partial charge in [-0.2, -0.15) is 5.10 Å². The van der Waals surface area contributed by atoms with Crippen molar-refractivity contribution in [2.45, 2.75) is 32.7 Å². The topological polar surface area (TPSA) is 116 Å². The summed E-state index contributed by atoms with van der Waals surface area (Å²) in [6, 6.07) is 2.81. The van der Waals surface area contributed by atoms with E-state index in [4.69, 9.17) is 4.74 Å². The van der Waals surface area contributed by atoms with Crippen LogP contribution < -0.4 is 9.64 Å². The number of amides is 1. The molecule has 150 valence electrons. The number of carbonyl (C=O) groups excluding carboxylic acids is 1. The van der Waals surface area contributed by atoms with Crippen LogP contribution in [0.25, 0.3) is 5.00 Å². The monoisotopic (exact) mass is 526 g/mol.